The second-order valence-corrected chi connectivity index (χ2v) is 6.05. The fourth-order valence-electron chi connectivity index (χ4n) is 1.13. The molecule has 0 aromatic carbocycles. The first kappa shape index (κ1) is 12.9. The van der Waals surface area contributed by atoms with Crippen molar-refractivity contribution in [3.05, 3.63) is 5.01 Å². The third-order valence-corrected chi connectivity index (χ3v) is 3.84. The summed E-state index contributed by atoms with van der Waals surface area (Å²) in [5.74, 6) is 0.823. The van der Waals surface area contributed by atoms with Gasteiger partial charge in [0.2, 0.25) is 0 Å². The van der Waals surface area contributed by atoms with Crippen LogP contribution in [0.3, 0.4) is 0 Å². The highest BCUT2D eigenvalue weighted by Gasteiger charge is 2.10. The molecule has 0 bridgehead atoms. The van der Waals surface area contributed by atoms with Crippen LogP contribution in [0.25, 0.3) is 0 Å². The molecule has 1 aromatic rings. The van der Waals surface area contributed by atoms with E-state index in [9.17, 15) is 0 Å². The van der Waals surface area contributed by atoms with Crippen LogP contribution in [0.1, 0.15) is 18.9 Å². The molecule has 1 aromatic heterocycles. The highest BCUT2D eigenvalue weighted by atomic mass is 32.2. The molecule has 86 valence electrons. The molecule has 1 rings (SSSR count). The molecule has 6 heteroatoms. The first-order valence-electron chi connectivity index (χ1n) is 4.91. The van der Waals surface area contributed by atoms with Crippen LogP contribution < -0.4 is 5.32 Å². The van der Waals surface area contributed by atoms with E-state index < -0.39 is 0 Å². The van der Waals surface area contributed by atoms with Crippen molar-refractivity contribution >= 4 is 23.1 Å². The van der Waals surface area contributed by atoms with Gasteiger partial charge in [-0.15, -0.1) is 10.2 Å². The number of thioether (sulfide) groups is 1. The van der Waals surface area contributed by atoms with Gasteiger partial charge < -0.3 is 10.4 Å². The van der Waals surface area contributed by atoms with Gasteiger partial charge in [0, 0.05) is 17.8 Å². The molecule has 0 aliphatic heterocycles. The minimum absolute atomic E-state index is 0.124. The van der Waals surface area contributed by atoms with E-state index in [1.165, 1.54) is 0 Å². The number of aliphatic hydroxyl groups is 1. The van der Waals surface area contributed by atoms with Crippen LogP contribution >= 0.6 is 23.1 Å². The maximum atomic E-state index is 9.15. The minimum Gasteiger partial charge on any atom is -0.395 e. The van der Waals surface area contributed by atoms with Crippen LogP contribution in [0.15, 0.2) is 4.34 Å². The summed E-state index contributed by atoms with van der Waals surface area (Å²) in [7, 11) is 0. The molecule has 2 N–H and O–H groups in total. The summed E-state index contributed by atoms with van der Waals surface area (Å²) < 4.78 is 0.969. The zero-order valence-corrected chi connectivity index (χ0v) is 10.9. The first-order chi connectivity index (χ1) is 7.11. The van der Waals surface area contributed by atoms with Crippen LogP contribution in [0, 0.1) is 6.92 Å². The van der Waals surface area contributed by atoms with Gasteiger partial charge in [0.25, 0.3) is 0 Å². The summed E-state index contributed by atoms with van der Waals surface area (Å²) in [6.45, 7) is 6.24. The molecule has 4 nitrogen and oxygen atoms in total. The van der Waals surface area contributed by atoms with Gasteiger partial charge in [-0.2, -0.15) is 0 Å². The Labute approximate surface area is 98.5 Å². The van der Waals surface area contributed by atoms with Gasteiger partial charge in [-0.1, -0.05) is 36.9 Å². The molecule has 0 aliphatic carbocycles. The van der Waals surface area contributed by atoms with Crippen LogP contribution in [-0.4, -0.2) is 39.7 Å². The average Bonchev–Trinajstić information content (AvgIpc) is 2.58. The maximum Gasteiger partial charge on any atom is 0.174 e. The monoisotopic (exact) mass is 247 g/mol. The second kappa shape index (κ2) is 6.42. The zero-order chi connectivity index (χ0) is 11.3. The Morgan fingerprint density at radius 1 is 1.47 bits per heavy atom. The Hall–Kier alpha value is -0.170. The molecule has 1 unspecified atom stereocenters. The molecule has 0 fully saturated rings. The van der Waals surface area contributed by atoms with Gasteiger partial charge in [-0.05, 0) is 6.92 Å². The topological polar surface area (TPSA) is 58.0 Å². The Bertz CT molecular complexity index is 291. The predicted octanol–water partition coefficient (Wildman–Crippen LogP) is 1.30. The fourth-order valence-corrected chi connectivity index (χ4v) is 3.00. The molecular weight excluding hydrogens is 230 g/mol. The number of hydrogen-bond acceptors (Lipinski definition) is 6. The third-order valence-electron chi connectivity index (χ3n) is 1.70. The van der Waals surface area contributed by atoms with Crippen molar-refractivity contribution in [1.82, 2.24) is 15.5 Å². The second-order valence-electron chi connectivity index (χ2n) is 3.60. The molecule has 0 saturated heterocycles. The standard InChI is InChI=1S/C9H17N3OS2/c1-6(2)10-8(4-13)5-14-9-12-11-7(3)15-9/h6,8,10,13H,4-5H2,1-3H3. The predicted molar refractivity (Wildman–Crippen MR) is 64.5 cm³/mol. The summed E-state index contributed by atoms with van der Waals surface area (Å²) in [6, 6.07) is 0.512. The van der Waals surface area contributed by atoms with Crippen LogP contribution in [-0.2, 0) is 0 Å². The van der Waals surface area contributed by atoms with Crippen molar-refractivity contribution in [3.8, 4) is 0 Å². The van der Waals surface area contributed by atoms with E-state index in [1.54, 1.807) is 23.1 Å². The number of nitrogens with one attached hydrogen (secondary N) is 1. The number of aromatic nitrogens is 2. The zero-order valence-electron chi connectivity index (χ0n) is 9.23. The van der Waals surface area contributed by atoms with E-state index in [-0.39, 0.29) is 12.6 Å². The number of aryl methyl sites for hydroxylation is 1. The van der Waals surface area contributed by atoms with Gasteiger partial charge in [-0.3, -0.25) is 0 Å². The van der Waals surface area contributed by atoms with Gasteiger partial charge in [-0.25, -0.2) is 0 Å². The molecule has 15 heavy (non-hydrogen) atoms. The molecular formula is C9H17N3OS2. The third kappa shape index (κ3) is 4.92. The van der Waals surface area contributed by atoms with Gasteiger partial charge >= 0.3 is 0 Å². The molecule has 0 spiro atoms. The Kier molecular flexibility index (Phi) is 5.52. The summed E-state index contributed by atoms with van der Waals surface area (Å²) in [6.07, 6.45) is 0. The molecule has 0 aliphatic rings. The molecule has 0 saturated carbocycles. The fraction of sp³-hybridized carbons (Fsp3) is 0.778. The maximum absolute atomic E-state index is 9.15. The van der Waals surface area contributed by atoms with E-state index in [2.05, 4.69) is 29.4 Å². The van der Waals surface area contributed by atoms with Crippen molar-refractivity contribution in [2.45, 2.75) is 37.2 Å². The Morgan fingerprint density at radius 3 is 2.67 bits per heavy atom. The molecule has 0 radical (unpaired) electrons. The lowest BCUT2D eigenvalue weighted by atomic mass is 10.3. The average molecular weight is 247 g/mol. The number of aliphatic hydroxyl groups excluding tert-OH is 1. The van der Waals surface area contributed by atoms with Gasteiger partial charge in [0.15, 0.2) is 4.34 Å². The van der Waals surface area contributed by atoms with Crippen LogP contribution in [0.2, 0.25) is 0 Å². The summed E-state index contributed by atoms with van der Waals surface area (Å²) in [5, 5.41) is 21.4. The van der Waals surface area contributed by atoms with Crippen molar-refractivity contribution in [2.75, 3.05) is 12.4 Å². The number of hydrogen-bond donors (Lipinski definition) is 2. The molecule has 1 atom stereocenters. The summed E-state index contributed by atoms with van der Waals surface area (Å²) >= 11 is 3.23. The van der Waals surface area contributed by atoms with E-state index in [1.807, 2.05) is 6.92 Å². The number of nitrogens with zero attached hydrogens (tertiary/aromatic N) is 2. The Balaban J connectivity index is 2.34. The van der Waals surface area contributed by atoms with E-state index in [0.29, 0.717) is 6.04 Å². The Morgan fingerprint density at radius 2 is 2.20 bits per heavy atom. The quantitative estimate of drug-likeness (QED) is 0.742. The van der Waals surface area contributed by atoms with E-state index >= 15 is 0 Å². The van der Waals surface area contributed by atoms with Crippen molar-refractivity contribution < 1.29 is 5.11 Å². The first-order valence-corrected chi connectivity index (χ1v) is 6.72. The van der Waals surface area contributed by atoms with Crippen LogP contribution in [0.4, 0.5) is 0 Å². The van der Waals surface area contributed by atoms with Gasteiger partial charge in [0.05, 0.1) is 6.61 Å². The summed E-state index contributed by atoms with van der Waals surface area (Å²) in [5.41, 5.74) is 0. The van der Waals surface area contributed by atoms with Crippen molar-refractivity contribution in [2.24, 2.45) is 0 Å². The van der Waals surface area contributed by atoms with E-state index in [4.69, 9.17) is 5.11 Å². The largest absolute Gasteiger partial charge is 0.395 e. The minimum atomic E-state index is 0.124. The summed E-state index contributed by atoms with van der Waals surface area (Å²) in [4.78, 5) is 0. The molecule has 1 heterocycles. The highest BCUT2D eigenvalue weighted by Crippen LogP contribution is 2.22. The van der Waals surface area contributed by atoms with Crippen LogP contribution in [0.5, 0.6) is 0 Å². The van der Waals surface area contributed by atoms with Crippen molar-refractivity contribution in [3.63, 3.8) is 0 Å². The van der Waals surface area contributed by atoms with Crippen molar-refractivity contribution in [1.29, 1.82) is 0 Å². The SMILES string of the molecule is Cc1nnc(SCC(CO)NC(C)C)s1. The molecule has 0 amide bonds. The normalized spacial score (nSPS) is 13.4. The lowest BCUT2D eigenvalue weighted by Crippen LogP contribution is -2.39. The lowest BCUT2D eigenvalue weighted by Gasteiger charge is -2.17. The van der Waals surface area contributed by atoms with E-state index in [0.717, 1.165) is 15.1 Å². The number of rotatable bonds is 6. The highest BCUT2D eigenvalue weighted by molar-refractivity contribution is 8.01. The smallest absolute Gasteiger partial charge is 0.174 e. The lowest BCUT2D eigenvalue weighted by molar-refractivity contribution is 0.247. The van der Waals surface area contributed by atoms with Gasteiger partial charge in [0.1, 0.15) is 5.01 Å².